The first-order valence-electron chi connectivity index (χ1n) is 10.7. The molecule has 1 aromatic heterocycles. The van der Waals surface area contributed by atoms with Crippen LogP contribution in [0.2, 0.25) is 0 Å². The Morgan fingerprint density at radius 2 is 1.74 bits per heavy atom. The van der Waals surface area contributed by atoms with Gasteiger partial charge in [-0.1, -0.05) is 55.5 Å². The number of hydrogen-bond donors (Lipinski definition) is 1. The minimum Gasteiger partial charge on any atom is -0.490 e. The van der Waals surface area contributed by atoms with Crippen LogP contribution in [0.1, 0.15) is 55.4 Å². The Kier molecular flexibility index (Phi) is 7.65. The van der Waals surface area contributed by atoms with E-state index in [-0.39, 0.29) is 23.6 Å². The molecule has 0 bridgehead atoms. The summed E-state index contributed by atoms with van der Waals surface area (Å²) in [6.45, 7) is 9.65. The second-order valence-corrected chi connectivity index (χ2v) is 7.55. The van der Waals surface area contributed by atoms with E-state index in [0.717, 1.165) is 11.1 Å². The van der Waals surface area contributed by atoms with Crippen LogP contribution in [0.5, 0.6) is 11.5 Å². The number of hydrogen-bond acceptors (Lipinski definition) is 5. The van der Waals surface area contributed by atoms with Crippen LogP contribution < -0.4 is 14.8 Å². The highest BCUT2D eigenvalue weighted by Crippen LogP contribution is 2.33. The molecule has 164 valence electrons. The van der Waals surface area contributed by atoms with E-state index in [1.807, 2.05) is 62.4 Å². The zero-order valence-corrected chi connectivity index (χ0v) is 18.5. The van der Waals surface area contributed by atoms with E-state index in [1.54, 1.807) is 10.9 Å². The number of aromatic nitrogens is 3. The first-order valence-corrected chi connectivity index (χ1v) is 10.7. The van der Waals surface area contributed by atoms with E-state index >= 15 is 0 Å². The quantitative estimate of drug-likeness (QED) is 0.528. The van der Waals surface area contributed by atoms with E-state index in [4.69, 9.17) is 9.47 Å². The fourth-order valence-electron chi connectivity index (χ4n) is 3.36. The molecule has 0 aliphatic carbocycles. The second-order valence-electron chi connectivity index (χ2n) is 7.55. The number of amides is 1. The van der Waals surface area contributed by atoms with Crippen LogP contribution in [0.15, 0.2) is 54.7 Å². The predicted molar refractivity (Wildman–Crippen MR) is 119 cm³/mol. The molecule has 1 amide bonds. The molecule has 0 saturated heterocycles. The molecule has 0 spiro atoms. The van der Waals surface area contributed by atoms with Crippen LogP contribution in [0.25, 0.3) is 0 Å². The van der Waals surface area contributed by atoms with Crippen molar-refractivity contribution in [3.8, 4) is 11.5 Å². The van der Waals surface area contributed by atoms with Crippen molar-refractivity contribution in [3.63, 3.8) is 0 Å². The monoisotopic (exact) mass is 422 g/mol. The third kappa shape index (κ3) is 5.84. The Morgan fingerprint density at radius 3 is 2.42 bits per heavy atom. The summed E-state index contributed by atoms with van der Waals surface area (Å²) in [6.07, 6.45) is 1.67. The molecule has 0 aliphatic heterocycles. The minimum absolute atomic E-state index is 0.163. The molecule has 7 nitrogen and oxygen atoms in total. The van der Waals surface area contributed by atoms with Crippen molar-refractivity contribution < 1.29 is 14.3 Å². The smallest absolute Gasteiger partial charge is 0.273 e. The van der Waals surface area contributed by atoms with Gasteiger partial charge in [-0.2, -0.15) is 0 Å². The van der Waals surface area contributed by atoms with Crippen LogP contribution in [0, 0.1) is 5.92 Å². The predicted octanol–water partition coefficient (Wildman–Crippen LogP) is 4.25. The molecule has 3 rings (SSSR count). The molecular formula is C24H30N4O3. The van der Waals surface area contributed by atoms with E-state index < -0.39 is 0 Å². The second kappa shape index (κ2) is 10.6. The van der Waals surface area contributed by atoms with Crippen LogP contribution in [-0.2, 0) is 6.54 Å². The number of nitrogens with one attached hydrogen (secondary N) is 1. The highest BCUT2D eigenvalue weighted by molar-refractivity contribution is 5.92. The van der Waals surface area contributed by atoms with E-state index in [2.05, 4.69) is 29.5 Å². The van der Waals surface area contributed by atoms with Crippen molar-refractivity contribution in [3.05, 3.63) is 71.5 Å². The lowest BCUT2D eigenvalue weighted by molar-refractivity contribution is 0.0920. The molecule has 3 aromatic rings. The number of rotatable bonds is 10. The van der Waals surface area contributed by atoms with Gasteiger partial charge in [0.05, 0.1) is 32.0 Å². The third-order valence-electron chi connectivity index (χ3n) is 4.84. The summed E-state index contributed by atoms with van der Waals surface area (Å²) in [6, 6.07) is 15.5. The fourth-order valence-corrected chi connectivity index (χ4v) is 3.36. The lowest BCUT2D eigenvalue weighted by atomic mass is 9.95. The Balaban J connectivity index is 1.76. The molecule has 2 aromatic carbocycles. The summed E-state index contributed by atoms with van der Waals surface area (Å²) in [5.74, 6) is 1.28. The fraction of sp³-hybridized carbons (Fsp3) is 0.375. The van der Waals surface area contributed by atoms with Crippen molar-refractivity contribution in [2.24, 2.45) is 5.92 Å². The molecular weight excluding hydrogens is 392 g/mol. The van der Waals surface area contributed by atoms with Gasteiger partial charge in [0.15, 0.2) is 17.2 Å². The van der Waals surface area contributed by atoms with Gasteiger partial charge in [0.1, 0.15) is 0 Å². The van der Waals surface area contributed by atoms with Crippen LogP contribution in [-0.4, -0.2) is 34.1 Å². The number of carbonyl (C=O) groups excluding carboxylic acids is 1. The lowest BCUT2D eigenvalue weighted by Gasteiger charge is -2.23. The average molecular weight is 423 g/mol. The molecule has 1 N–H and O–H groups in total. The van der Waals surface area contributed by atoms with Crippen molar-refractivity contribution >= 4 is 5.91 Å². The maximum atomic E-state index is 12.9. The zero-order chi connectivity index (χ0) is 22.2. The molecule has 0 aliphatic rings. The minimum atomic E-state index is -0.259. The maximum Gasteiger partial charge on any atom is 0.273 e. The van der Waals surface area contributed by atoms with Gasteiger partial charge < -0.3 is 14.8 Å². The topological polar surface area (TPSA) is 78.3 Å². The van der Waals surface area contributed by atoms with Gasteiger partial charge >= 0.3 is 0 Å². The Hall–Kier alpha value is -3.35. The maximum absolute atomic E-state index is 12.9. The van der Waals surface area contributed by atoms with Gasteiger partial charge in [0.2, 0.25) is 0 Å². The van der Waals surface area contributed by atoms with E-state index in [0.29, 0.717) is 31.3 Å². The first-order chi connectivity index (χ1) is 15.0. The van der Waals surface area contributed by atoms with E-state index in [9.17, 15) is 4.79 Å². The third-order valence-corrected chi connectivity index (χ3v) is 4.84. The molecule has 0 fully saturated rings. The van der Waals surface area contributed by atoms with Crippen LogP contribution in [0.3, 0.4) is 0 Å². The summed E-state index contributed by atoms with van der Waals surface area (Å²) >= 11 is 0. The zero-order valence-electron chi connectivity index (χ0n) is 18.5. The number of nitrogens with zero attached hydrogens (tertiary/aromatic N) is 3. The molecule has 0 saturated carbocycles. The van der Waals surface area contributed by atoms with Gasteiger partial charge in [0.25, 0.3) is 5.91 Å². The van der Waals surface area contributed by atoms with Gasteiger partial charge in [-0.25, -0.2) is 4.68 Å². The first kappa shape index (κ1) is 22.3. The highest BCUT2D eigenvalue weighted by atomic mass is 16.5. The van der Waals surface area contributed by atoms with Crippen LogP contribution in [0.4, 0.5) is 0 Å². The van der Waals surface area contributed by atoms with Crippen molar-refractivity contribution in [2.75, 3.05) is 13.2 Å². The average Bonchev–Trinajstić information content (AvgIpc) is 3.22. The van der Waals surface area contributed by atoms with Gasteiger partial charge in [-0.3, -0.25) is 4.79 Å². The molecule has 7 heteroatoms. The Labute approximate surface area is 183 Å². The summed E-state index contributed by atoms with van der Waals surface area (Å²) in [7, 11) is 0. The van der Waals surface area contributed by atoms with Crippen molar-refractivity contribution in [1.82, 2.24) is 20.3 Å². The Morgan fingerprint density at radius 1 is 1.03 bits per heavy atom. The SMILES string of the molecule is CCOc1ccc(C(NC(=O)c2cn(Cc3ccccc3)nn2)C(C)C)cc1OCC. The van der Waals surface area contributed by atoms with Crippen molar-refractivity contribution in [2.45, 2.75) is 40.3 Å². The largest absolute Gasteiger partial charge is 0.490 e. The summed E-state index contributed by atoms with van der Waals surface area (Å²) in [5, 5.41) is 11.3. The van der Waals surface area contributed by atoms with Crippen LogP contribution >= 0.6 is 0 Å². The normalized spacial score (nSPS) is 11.9. The van der Waals surface area contributed by atoms with Crippen molar-refractivity contribution in [1.29, 1.82) is 0 Å². The number of carbonyl (C=O) groups is 1. The summed E-state index contributed by atoms with van der Waals surface area (Å²) in [4.78, 5) is 12.9. The standard InChI is InChI=1S/C24H30N4O3/c1-5-30-21-13-12-19(14-22(21)31-6-2)23(17(3)4)25-24(29)20-16-28(27-26-20)15-18-10-8-7-9-11-18/h7-14,16-17,23H,5-6,15H2,1-4H3,(H,25,29). The molecule has 1 atom stereocenters. The van der Waals surface area contributed by atoms with E-state index in [1.165, 1.54) is 0 Å². The van der Waals surface area contributed by atoms with Gasteiger partial charge in [-0.05, 0) is 43.0 Å². The lowest BCUT2D eigenvalue weighted by Crippen LogP contribution is -2.32. The van der Waals surface area contributed by atoms with Gasteiger partial charge in [-0.15, -0.1) is 5.10 Å². The molecule has 1 heterocycles. The number of ether oxygens (including phenoxy) is 2. The summed E-state index contributed by atoms with van der Waals surface area (Å²) in [5.41, 5.74) is 2.33. The molecule has 31 heavy (non-hydrogen) atoms. The number of benzene rings is 2. The summed E-state index contributed by atoms with van der Waals surface area (Å²) < 4.78 is 13.1. The van der Waals surface area contributed by atoms with Gasteiger partial charge in [0, 0.05) is 0 Å². The molecule has 1 unspecified atom stereocenters. The molecule has 0 radical (unpaired) electrons. The highest BCUT2D eigenvalue weighted by Gasteiger charge is 2.22. The Bertz CT molecular complexity index is 985.